The van der Waals surface area contributed by atoms with E-state index in [0.717, 1.165) is 0 Å². The molecule has 1 N–H and O–H groups in total. The highest BCUT2D eigenvalue weighted by Crippen LogP contribution is 2.22. The molecule has 1 aromatic heterocycles. The Morgan fingerprint density at radius 1 is 1.43 bits per heavy atom. The third kappa shape index (κ3) is 1.44. The van der Waals surface area contributed by atoms with Gasteiger partial charge in [0.2, 0.25) is 0 Å². The van der Waals surface area contributed by atoms with E-state index in [1.807, 2.05) is 0 Å². The summed E-state index contributed by atoms with van der Waals surface area (Å²) in [4.78, 5) is 3.86. The summed E-state index contributed by atoms with van der Waals surface area (Å²) < 4.78 is 18.3. The first-order valence-corrected chi connectivity index (χ1v) is 4.00. The number of aromatic nitrogens is 3. The maximum absolute atomic E-state index is 13.4. The molecule has 0 bridgehead atoms. The van der Waals surface area contributed by atoms with Gasteiger partial charge in [0.25, 0.3) is 0 Å². The first-order chi connectivity index (χ1) is 6.81. The van der Waals surface area contributed by atoms with E-state index in [9.17, 15) is 4.39 Å². The average Bonchev–Trinajstić information content (AvgIpc) is 2.70. The van der Waals surface area contributed by atoms with Crippen LogP contribution in [0, 0.1) is 5.82 Å². The van der Waals surface area contributed by atoms with E-state index in [0.29, 0.717) is 17.1 Å². The zero-order valence-electron chi connectivity index (χ0n) is 7.49. The molecule has 0 fully saturated rings. The highest BCUT2D eigenvalue weighted by atomic mass is 19.1. The van der Waals surface area contributed by atoms with E-state index >= 15 is 0 Å². The molecule has 0 aliphatic heterocycles. The fourth-order valence-corrected chi connectivity index (χ4v) is 1.15. The van der Waals surface area contributed by atoms with Gasteiger partial charge in [-0.2, -0.15) is 5.10 Å². The molecule has 0 radical (unpaired) electrons. The molecule has 72 valence electrons. The zero-order chi connectivity index (χ0) is 9.97. The molecule has 1 heterocycles. The standard InChI is InChI=1S/C9H8FN3O/c1-14-6-2-3-7(8(10)4-6)9-11-5-12-13-9/h2-5H,1H3,(H,11,12,13). The maximum Gasteiger partial charge on any atom is 0.158 e. The van der Waals surface area contributed by atoms with E-state index in [-0.39, 0.29) is 5.82 Å². The number of nitrogens with zero attached hydrogens (tertiary/aromatic N) is 2. The van der Waals surface area contributed by atoms with Crippen LogP contribution in [0.25, 0.3) is 11.4 Å². The van der Waals surface area contributed by atoms with Crippen molar-refractivity contribution < 1.29 is 9.13 Å². The summed E-state index contributed by atoms with van der Waals surface area (Å²) in [5.74, 6) is 0.497. The van der Waals surface area contributed by atoms with Gasteiger partial charge in [0.1, 0.15) is 17.9 Å². The summed E-state index contributed by atoms with van der Waals surface area (Å²) in [6.45, 7) is 0. The summed E-state index contributed by atoms with van der Waals surface area (Å²) in [7, 11) is 1.49. The molecule has 2 rings (SSSR count). The Kier molecular flexibility index (Phi) is 2.14. The van der Waals surface area contributed by atoms with Crippen molar-refractivity contribution in [3.8, 4) is 17.1 Å². The third-order valence-electron chi connectivity index (χ3n) is 1.85. The second-order valence-electron chi connectivity index (χ2n) is 2.68. The highest BCUT2D eigenvalue weighted by molar-refractivity contribution is 5.56. The normalized spacial score (nSPS) is 10.1. The van der Waals surface area contributed by atoms with Crippen molar-refractivity contribution in [2.75, 3.05) is 7.11 Å². The minimum absolute atomic E-state index is 0.378. The van der Waals surface area contributed by atoms with Crippen molar-refractivity contribution in [1.82, 2.24) is 15.2 Å². The first kappa shape index (κ1) is 8.68. The van der Waals surface area contributed by atoms with Crippen LogP contribution in [0.4, 0.5) is 4.39 Å². The number of halogens is 1. The number of hydrogen-bond acceptors (Lipinski definition) is 3. The lowest BCUT2D eigenvalue weighted by atomic mass is 10.2. The van der Waals surface area contributed by atoms with Crippen LogP contribution in [-0.2, 0) is 0 Å². The number of H-pyrrole nitrogens is 1. The molecule has 0 saturated heterocycles. The van der Waals surface area contributed by atoms with Gasteiger partial charge in [0.05, 0.1) is 12.7 Å². The molecule has 0 saturated carbocycles. The van der Waals surface area contributed by atoms with Gasteiger partial charge in [-0.3, -0.25) is 5.10 Å². The largest absolute Gasteiger partial charge is 0.497 e. The number of nitrogens with one attached hydrogen (secondary N) is 1. The Balaban J connectivity index is 2.46. The number of rotatable bonds is 2. The number of ether oxygens (including phenoxy) is 1. The van der Waals surface area contributed by atoms with E-state index in [4.69, 9.17) is 4.74 Å². The van der Waals surface area contributed by atoms with Gasteiger partial charge < -0.3 is 4.74 Å². The quantitative estimate of drug-likeness (QED) is 0.788. The number of benzene rings is 1. The maximum atomic E-state index is 13.4. The third-order valence-corrected chi connectivity index (χ3v) is 1.85. The average molecular weight is 193 g/mol. The second-order valence-corrected chi connectivity index (χ2v) is 2.68. The van der Waals surface area contributed by atoms with Gasteiger partial charge >= 0.3 is 0 Å². The summed E-state index contributed by atoms with van der Waals surface area (Å²) in [6.07, 6.45) is 1.33. The van der Waals surface area contributed by atoms with Crippen LogP contribution in [0.1, 0.15) is 0 Å². The molecule has 2 aromatic rings. The van der Waals surface area contributed by atoms with Crippen molar-refractivity contribution >= 4 is 0 Å². The van der Waals surface area contributed by atoms with Crippen LogP contribution in [0.3, 0.4) is 0 Å². The Labute approximate surface area is 79.7 Å². The van der Waals surface area contributed by atoms with Crippen molar-refractivity contribution in [3.63, 3.8) is 0 Å². The molecule has 14 heavy (non-hydrogen) atoms. The molecule has 4 nitrogen and oxygen atoms in total. The summed E-state index contributed by atoms with van der Waals surface area (Å²) in [5.41, 5.74) is 0.378. The lowest BCUT2D eigenvalue weighted by Crippen LogP contribution is -1.89. The molecule has 0 atom stereocenters. The highest BCUT2D eigenvalue weighted by Gasteiger charge is 2.08. The zero-order valence-corrected chi connectivity index (χ0v) is 7.49. The van der Waals surface area contributed by atoms with Crippen LogP contribution < -0.4 is 4.74 Å². The van der Waals surface area contributed by atoms with Gasteiger partial charge in [-0.25, -0.2) is 9.37 Å². The molecule has 0 aliphatic rings. The van der Waals surface area contributed by atoms with Crippen molar-refractivity contribution in [2.24, 2.45) is 0 Å². The minimum atomic E-state index is -0.388. The lowest BCUT2D eigenvalue weighted by Gasteiger charge is -2.02. The fourth-order valence-electron chi connectivity index (χ4n) is 1.15. The number of aromatic amines is 1. The van der Waals surface area contributed by atoms with Crippen LogP contribution in [-0.4, -0.2) is 22.3 Å². The molecule has 1 aromatic carbocycles. The van der Waals surface area contributed by atoms with Gasteiger partial charge in [-0.15, -0.1) is 0 Å². The predicted octanol–water partition coefficient (Wildman–Crippen LogP) is 1.62. The second kappa shape index (κ2) is 3.45. The Morgan fingerprint density at radius 3 is 2.86 bits per heavy atom. The van der Waals surface area contributed by atoms with Crippen molar-refractivity contribution in [2.45, 2.75) is 0 Å². The van der Waals surface area contributed by atoms with Crippen LogP contribution in [0.5, 0.6) is 5.75 Å². The van der Waals surface area contributed by atoms with Crippen molar-refractivity contribution in [1.29, 1.82) is 0 Å². The summed E-state index contributed by atoms with van der Waals surface area (Å²) in [6, 6.07) is 4.56. The van der Waals surface area contributed by atoms with Crippen LogP contribution in [0.2, 0.25) is 0 Å². The molecular formula is C9H8FN3O. The summed E-state index contributed by atoms with van der Waals surface area (Å²) >= 11 is 0. The molecule has 0 aliphatic carbocycles. The topological polar surface area (TPSA) is 50.8 Å². The number of hydrogen-bond donors (Lipinski definition) is 1. The molecule has 0 spiro atoms. The van der Waals surface area contributed by atoms with E-state index in [1.54, 1.807) is 12.1 Å². The molecular weight excluding hydrogens is 185 g/mol. The minimum Gasteiger partial charge on any atom is -0.497 e. The van der Waals surface area contributed by atoms with Gasteiger partial charge in [-0.1, -0.05) is 0 Å². The molecule has 0 amide bonds. The predicted molar refractivity (Wildman–Crippen MR) is 48.3 cm³/mol. The summed E-state index contributed by atoms with van der Waals surface area (Å²) in [5, 5.41) is 6.24. The van der Waals surface area contributed by atoms with Crippen molar-refractivity contribution in [3.05, 3.63) is 30.3 Å². The smallest absolute Gasteiger partial charge is 0.158 e. The monoisotopic (exact) mass is 193 g/mol. The van der Waals surface area contributed by atoms with E-state index in [2.05, 4.69) is 15.2 Å². The SMILES string of the molecule is COc1ccc(-c2ncn[nH]2)c(F)c1. The van der Waals surface area contributed by atoms with Gasteiger partial charge in [0, 0.05) is 6.07 Å². The van der Waals surface area contributed by atoms with Gasteiger partial charge in [-0.05, 0) is 12.1 Å². The Morgan fingerprint density at radius 2 is 2.29 bits per heavy atom. The van der Waals surface area contributed by atoms with Crippen LogP contribution >= 0.6 is 0 Å². The Bertz CT molecular complexity index is 428. The molecule has 0 unspecified atom stereocenters. The van der Waals surface area contributed by atoms with E-state index < -0.39 is 0 Å². The van der Waals surface area contributed by atoms with Crippen LogP contribution in [0.15, 0.2) is 24.5 Å². The Hall–Kier alpha value is -1.91. The number of methoxy groups -OCH3 is 1. The molecule has 5 heteroatoms. The van der Waals surface area contributed by atoms with Gasteiger partial charge in [0.15, 0.2) is 5.82 Å². The fraction of sp³-hybridized carbons (Fsp3) is 0.111. The van der Waals surface area contributed by atoms with E-state index in [1.165, 1.54) is 19.5 Å². The first-order valence-electron chi connectivity index (χ1n) is 4.00. The lowest BCUT2D eigenvalue weighted by molar-refractivity contribution is 0.411.